The maximum atomic E-state index is 9.43. The second kappa shape index (κ2) is 12.4. The van der Waals surface area contributed by atoms with Crippen LogP contribution in [0.5, 0.6) is 0 Å². The van der Waals surface area contributed by atoms with Crippen LogP contribution < -0.4 is 0 Å². The van der Waals surface area contributed by atoms with Gasteiger partial charge >= 0.3 is 0 Å². The highest BCUT2D eigenvalue weighted by Gasteiger charge is 2.71. The van der Waals surface area contributed by atoms with E-state index in [1.165, 1.54) is 24.8 Å². The number of nitriles is 1. The lowest BCUT2D eigenvalue weighted by Crippen LogP contribution is -2.71. The Kier molecular flexibility index (Phi) is 7.12. The van der Waals surface area contributed by atoms with Gasteiger partial charge in [-0.05, 0) is 107 Å². The van der Waals surface area contributed by atoms with Gasteiger partial charge in [-0.15, -0.1) is 0 Å². The van der Waals surface area contributed by atoms with E-state index in [1.807, 2.05) is 60.7 Å². The van der Waals surface area contributed by atoms with Gasteiger partial charge in [0.1, 0.15) is 0 Å². The van der Waals surface area contributed by atoms with Crippen LogP contribution in [-0.4, -0.2) is 24.9 Å². The maximum absolute atomic E-state index is 9.43. The fraction of sp³-hybridized carbons (Fsp3) is 0.143. The summed E-state index contributed by atoms with van der Waals surface area (Å²) in [6, 6.07) is 53.8. The molecule has 3 aliphatic carbocycles. The second-order valence-corrected chi connectivity index (χ2v) is 15.4. The summed E-state index contributed by atoms with van der Waals surface area (Å²) in [7, 11) is 0. The highest BCUT2D eigenvalue weighted by molar-refractivity contribution is 5.99. The minimum atomic E-state index is 0.367. The van der Waals surface area contributed by atoms with E-state index in [2.05, 4.69) is 84.9 Å². The van der Waals surface area contributed by atoms with Gasteiger partial charge in [-0.2, -0.15) is 5.26 Å². The van der Waals surface area contributed by atoms with E-state index in [1.54, 1.807) is 12.1 Å². The van der Waals surface area contributed by atoms with Crippen LogP contribution in [0.25, 0.3) is 78.8 Å². The first-order chi connectivity index (χ1) is 27.1. The lowest BCUT2D eigenvalue weighted by Gasteiger charge is -2.76. The molecule has 3 aliphatic rings. The molecule has 0 radical (unpaired) electrons. The molecular formula is C49H34N6. The molecule has 0 amide bonds. The zero-order chi connectivity index (χ0) is 36.5. The summed E-state index contributed by atoms with van der Waals surface area (Å²) in [6.07, 6.45) is 4.09. The summed E-state index contributed by atoms with van der Waals surface area (Å²) >= 11 is 0. The van der Waals surface area contributed by atoms with E-state index in [4.69, 9.17) is 24.9 Å². The fourth-order valence-corrected chi connectivity index (χ4v) is 9.73. The third kappa shape index (κ3) is 5.19. The smallest absolute Gasteiger partial charge is 0.164 e. The number of hydrogen-bond donors (Lipinski definition) is 0. The first-order valence-corrected chi connectivity index (χ1v) is 19.0. The summed E-state index contributed by atoms with van der Waals surface area (Å²) in [4.78, 5) is 25.5. The molecule has 6 nitrogen and oxygen atoms in total. The Morgan fingerprint density at radius 1 is 0.491 bits per heavy atom. The molecule has 0 spiro atoms. The van der Waals surface area contributed by atoms with Crippen LogP contribution >= 0.6 is 0 Å². The SMILES string of the molecule is N#Cc1ccc(-c2nc(-c3ccccc3)nc(-c3cc(-c4cc(-c5cccc(C67CC8CC(C6)C87)c5)nc(-c5ccccc5)n4)c4ccccc4c3)n2)cc1. The van der Waals surface area contributed by atoms with Crippen LogP contribution in [0.2, 0.25) is 0 Å². The van der Waals surface area contributed by atoms with E-state index in [0.29, 0.717) is 34.3 Å². The zero-order valence-electron chi connectivity index (χ0n) is 30.0. The molecule has 0 N–H and O–H groups in total. The minimum Gasteiger partial charge on any atom is -0.228 e. The number of fused-ring (bicyclic) bond motifs is 1. The molecule has 2 unspecified atom stereocenters. The van der Waals surface area contributed by atoms with Crippen LogP contribution in [0, 0.1) is 29.1 Å². The molecule has 2 aromatic heterocycles. The monoisotopic (exact) mass is 706 g/mol. The highest BCUT2D eigenvalue weighted by Crippen LogP contribution is 2.77. The minimum absolute atomic E-state index is 0.367. The molecule has 11 rings (SSSR count). The highest BCUT2D eigenvalue weighted by atomic mass is 15.0. The predicted octanol–water partition coefficient (Wildman–Crippen LogP) is 11.0. The van der Waals surface area contributed by atoms with Gasteiger partial charge in [0.15, 0.2) is 23.3 Å². The van der Waals surface area contributed by atoms with Crippen molar-refractivity contribution in [3.8, 4) is 74.1 Å². The van der Waals surface area contributed by atoms with Crippen molar-refractivity contribution in [3.63, 3.8) is 0 Å². The molecule has 8 aromatic rings. The van der Waals surface area contributed by atoms with Gasteiger partial charge in [0.25, 0.3) is 0 Å². The fourth-order valence-electron chi connectivity index (χ4n) is 9.73. The van der Waals surface area contributed by atoms with Crippen LogP contribution in [0.15, 0.2) is 152 Å². The molecular weight excluding hydrogens is 673 g/mol. The molecule has 2 atom stereocenters. The van der Waals surface area contributed by atoms with E-state index in [-0.39, 0.29) is 0 Å². The van der Waals surface area contributed by atoms with Crippen molar-refractivity contribution >= 4 is 10.8 Å². The van der Waals surface area contributed by atoms with Gasteiger partial charge in [-0.3, -0.25) is 0 Å². The van der Waals surface area contributed by atoms with Gasteiger partial charge in [-0.1, -0.05) is 103 Å². The quantitative estimate of drug-likeness (QED) is 0.164. The molecule has 6 aromatic carbocycles. The number of benzene rings is 6. The first kappa shape index (κ1) is 31.7. The Morgan fingerprint density at radius 3 is 1.73 bits per heavy atom. The van der Waals surface area contributed by atoms with Crippen LogP contribution in [-0.2, 0) is 5.41 Å². The standard InChI is InChI=1S/C49H34N6/c50-29-30-18-20-33(21-19-30)47-53-46(32-12-5-2-6-13-32)54-48(55-47)36-22-34-14-7-8-17-40(34)41(25-36)43-26-42(51-45(52-43)31-10-3-1-4-11-31)35-15-9-16-39(24-35)49-27-37-23-38(28-49)44(37)49/h1-22,24-26,37-38,44H,23,27-28H2. The van der Waals surface area contributed by atoms with Crippen molar-refractivity contribution in [2.45, 2.75) is 24.7 Å². The first-order valence-electron chi connectivity index (χ1n) is 19.0. The molecule has 0 aliphatic heterocycles. The summed E-state index contributed by atoms with van der Waals surface area (Å²) in [5.41, 5.74) is 9.78. The van der Waals surface area contributed by atoms with Crippen molar-refractivity contribution in [1.82, 2.24) is 24.9 Å². The Morgan fingerprint density at radius 2 is 1.07 bits per heavy atom. The van der Waals surface area contributed by atoms with Crippen molar-refractivity contribution in [2.24, 2.45) is 17.8 Å². The molecule has 6 heteroatoms. The Hall–Kier alpha value is -6.84. The van der Waals surface area contributed by atoms with Gasteiger partial charge < -0.3 is 0 Å². The van der Waals surface area contributed by atoms with E-state index in [9.17, 15) is 5.26 Å². The summed E-state index contributed by atoms with van der Waals surface area (Å²) < 4.78 is 0. The number of hydrogen-bond acceptors (Lipinski definition) is 6. The average molecular weight is 707 g/mol. The average Bonchev–Trinajstić information content (AvgIpc) is 3.26. The van der Waals surface area contributed by atoms with E-state index in [0.717, 1.165) is 73.3 Å². The molecule has 0 bridgehead atoms. The molecule has 2 heterocycles. The van der Waals surface area contributed by atoms with Crippen LogP contribution in [0.3, 0.4) is 0 Å². The largest absolute Gasteiger partial charge is 0.228 e. The van der Waals surface area contributed by atoms with E-state index >= 15 is 0 Å². The lowest BCUT2D eigenvalue weighted by molar-refractivity contribution is -0.219. The van der Waals surface area contributed by atoms with Crippen LogP contribution in [0.4, 0.5) is 0 Å². The summed E-state index contributed by atoms with van der Waals surface area (Å²) in [5, 5.41) is 11.6. The third-order valence-electron chi connectivity index (χ3n) is 12.3. The Labute approximate surface area is 319 Å². The topological polar surface area (TPSA) is 88.2 Å². The molecule has 0 saturated heterocycles. The van der Waals surface area contributed by atoms with Gasteiger partial charge in [0.2, 0.25) is 0 Å². The number of rotatable bonds is 7. The summed E-state index contributed by atoms with van der Waals surface area (Å²) in [6.45, 7) is 0. The Bertz CT molecular complexity index is 2810. The van der Waals surface area contributed by atoms with Gasteiger partial charge in [0.05, 0.1) is 23.0 Å². The van der Waals surface area contributed by atoms with Crippen molar-refractivity contribution in [1.29, 1.82) is 5.26 Å². The molecule has 3 fully saturated rings. The third-order valence-corrected chi connectivity index (χ3v) is 12.3. The van der Waals surface area contributed by atoms with Gasteiger partial charge in [-0.25, -0.2) is 24.9 Å². The number of nitrogens with zero attached hydrogens (tertiary/aromatic N) is 6. The van der Waals surface area contributed by atoms with Crippen molar-refractivity contribution in [2.75, 3.05) is 0 Å². The zero-order valence-corrected chi connectivity index (χ0v) is 30.0. The van der Waals surface area contributed by atoms with E-state index < -0.39 is 0 Å². The van der Waals surface area contributed by atoms with Crippen molar-refractivity contribution < 1.29 is 0 Å². The molecule has 55 heavy (non-hydrogen) atoms. The molecule has 260 valence electrons. The number of aromatic nitrogens is 5. The Balaban J connectivity index is 1.09. The van der Waals surface area contributed by atoms with Crippen LogP contribution in [0.1, 0.15) is 30.4 Å². The normalized spacial score (nSPS) is 20.4. The maximum Gasteiger partial charge on any atom is 0.164 e. The van der Waals surface area contributed by atoms with Crippen molar-refractivity contribution in [3.05, 3.63) is 163 Å². The lowest BCUT2D eigenvalue weighted by atomic mass is 9.28. The second-order valence-electron chi connectivity index (χ2n) is 15.4. The predicted molar refractivity (Wildman–Crippen MR) is 216 cm³/mol. The molecule has 3 saturated carbocycles. The summed E-state index contributed by atoms with van der Waals surface area (Å²) in [5.74, 6) is 5.11. The van der Waals surface area contributed by atoms with Gasteiger partial charge in [0, 0.05) is 33.4 Å².